The van der Waals surface area contributed by atoms with E-state index in [1.807, 2.05) is 37.4 Å². The van der Waals surface area contributed by atoms with Crippen molar-refractivity contribution in [3.8, 4) is 0 Å². The number of benzene rings is 1. The number of aromatic amines is 1. The van der Waals surface area contributed by atoms with Crippen molar-refractivity contribution in [3.63, 3.8) is 0 Å². The van der Waals surface area contributed by atoms with Crippen LogP contribution < -0.4 is 5.32 Å². The lowest BCUT2D eigenvalue weighted by molar-refractivity contribution is -0.122. The first-order chi connectivity index (χ1) is 12.6. The summed E-state index contributed by atoms with van der Waals surface area (Å²) in [6.45, 7) is 9.59. The monoisotopic (exact) mass is 354 g/mol. The molecule has 2 N–H and O–H groups in total. The first-order valence-electron chi connectivity index (χ1n) is 9.04. The van der Waals surface area contributed by atoms with E-state index in [-0.39, 0.29) is 17.7 Å². The van der Waals surface area contributed by atoms with Gasteiger partial charge in [-0.2, -0.15) is 0 Å². The van der Waals surface area contributed by atoms with E-state index in [4.69, 9.17) is 0 Å². The number of ketones is 1. The van der Waals surface area contributed by atoms with Crippen molar-refractivity contribution in [1.82, 2.24) is 20.1 Å². The number of H-pyrrole nitrogens is 1. The third-order valence-corrected chi connectivity index (χ3v) is 5.00. The number of hydrogen-bond donors (Lipinski definition) is 2. The van der Waals surface area contributed by atoms with Gasteiger partial charge in [0.2, 0.25) is 5.91 Å². The highest BCUT2D eigenvalue weighted by molar-refractivity contribution is 6.10. The van der Waals surface area contributed by atoms with E-state index in [1.54, 1.807) is 6.08 Å². The fourth-order valence-electron chi connectivity index (χ4n) is 3.42. The number of amides is 1. The normalized spacial score (nSPS) is 17.1. The largest absolute Gasteiger partial charge is 0.360 e. The van der Waals surface area contributed by atoms with E-state index in [0.717, 1.165) is 42.6 Å². The summed E-state index contributed by atoms with van der Waals surface area (Å²) in [5.41, 5.74) is 1.73. The lowest BCUT2D eigenvalue weighted by Crippen LogP contribution is -2.53. The minimum atomic E-state index is -0.175. The van der Waals surface area contributed by atoms with Gasteiger partial charge in [0.25, 0.3) is 0 Å². The first-order valence-corrected chi connectivity index (χ1v) is 9.04. The van der Waals surface area contributed by atoms with Crippen LogP contribution in [0.4, 0.5) is 0 Å². The molecule has 1 aliphatic heterocycles. The van der Waals surface area contributed by atoms with Crippen LogP contribution in [0, 0.1) is 0 Å². The molecule has 6 nitrogen and oxygen atoms in total. The lowest BCUT2D eigenvalue weighted by Gasteiger charge is -2.37. The highest BCUT2D eigenvalue weighted by atomic mass is 16.2. The van der Waals surface area contributed by atoms with Crippen molar-refractivity contribution in [1.29, 1.82) is 0 Å². The molecule has 1 aromatic heterocycles. The van der Waals surface area contributed by atoms with Gasteiger partial charge in [-0.15, -0.1) is 6.58 Å². The predicted octanol–water partition coefficient (Wildman–Crippen LogP) is 1.66. The SMILES string of the molecule is C=CCNC(=O)CN1CCN(C(C)C(=O)c2c[nH]c3ccccc23)CC1. The number of nitrogens with zero attached hydrogens (tertiary/aromatic N) is 2. The Bertz CT molecular complexity index is 790. The van der Waals surface area contributed by atoms with Gasteiger partial charge in [-0.3, -0.25) is 19.4 Å². The van der Waals surface area contributed by atoms with Gasteiger partial charge in [-0.05, 0) is 13.0 Å². The van der Waals surface area contributed by atoms with Crippen molar-refractivity contribution in [2.45, 2.75) is 13.0 Å². The number of fused-ring (bicyclic) bond motifs is 1. The number of para-hydroxylation sites is 1. The van der Waals surface area contributed by atoms with Crippen molar-refractivity contribution in [3.05, 3.63) is 48.7 Å². The van der Waals surface area contributed by atoms with Crippen LogP contribution in [0.15, 0.2) is 43.1 Å². The average molecular weight is 354 g/mol. The summed E-state index contributed by atoms with van der Waals surface area (Å²) in [5, 5.41) is 3.77. The number of nitrogens with one attached hydrogen (secondary N) is 2. The zero-order valence-corrected chi connectivity index (χ0v) is 15.2. The molecule has 0 spiro atoms. The second kappa shape index (κ2) is 8.29. The topological polar surface area (TPSA) is 68.4 Å². The second-order valence-corrected chi connectivity index (χ2v) is 6.69. The second-order valence-electron chi connectivity index (χ2n) is 6.69. The van der Waals surface area contributed by atoms with Crippen molar-refractivity contribution >= 4 is 22.6 Å². The van der Waals surface area contributed by atoms with Gasteiger partial charge in [-0.25, -0.2) is 0 Å². The lowest BCUT2D eigenvalue weighted by atomic mass is 10.0. The molecule has 1 aromatic carbocycles. The van der Waals surface area contributed by atoms with Gasteiger partial charge in [0.1, 0.15) is 0 Å². The Morgan fingerprint density at radius 3 is 2.73 bits per heavy atom. The summed E-state index contributed by atoms with van der Waals surface area (Å²) in [6.07, 6.45) is 3.48. The van der Waals surface area contributed by atoms with Gasteiger partial charge < -0.3 is 10.3 Å². The summed E-state index contributed by atoms with van der Waals surface area (Å²) in [4.78, 5) is 32.2. The maximum absolute atomic E-state index is 12.9. The summed E-state index contributed by atoms with van der Waals surface area (Å²) in [5.74, 6) is 0.154. The quantitative estimate of drug-likeness (QED) is 0.586. The Balaban J connectivity index is 1.56. The van der Waals surface area contributed by atoms with Crippen LogP contribution in [0.1, 0.15) is 17.3 Å². The van der Waals surface area contributed by atoms with Gasteiger partial charge in [-0.1, -0.05) is 24.3 Å². The Labute approximate surface area is 153 Å². The van der Waals surface area contributed by atoms with Gasteiger partial charge in [0.15, 0.2) is 5.78 Å². The van der Waals surface area contributed by atoms with E-state index < -0.39 is 0 Å². The molecule has 26 heavy (non-hydrogen) atoms. The van der Waals surface area contributed by atoms with Crippen molar-refractivity contribution in [2.24, 2.45) is 0 Å². The molecule has 0 radical (unpaired) electrons. The molecule has 3 rings (SSSR count). The Morgan fingerprint density at radius 2 is 2.00 bits per heavy atom. The third kappa shape index (κ3) is 4.03. The standard InChI is InChI=1S/C20H26N4O2/c1-3-8-21-19(25)14-23-9-11-24(12-10-23)15(2)20(26)17-13-22-18-7-5-4-6-16(17)18/h3-7,13,15,22H,1,8-12,14H2,2H3,(H,21,25). The molecule has 1 atom stereocenters. The number of hydrogen-bond acceptors (Lipinski definition) is 4. The first kappa shape index (κ1) is 18.4. The number of aromatic nitrogens is 1. The van der Waals surface area contributed by atoms with Crippen molar-refractivity contribution in [2.75, 3.05) is 39.3 Å². The van der Waals surface area contributed by atoms with Crippen LogP contribution in [0.2, 0.25) is 0 Å². The van der Waals surface area contributed by atoms with Gasteiger partial charge in [0, 0.05) is 55.4 Å². The van der Waals surface area contributed by atoms with Crippen LogP contribution in [0.3, 0.4) is 0 Å². The molecular formula is C20H26N4O2. The Hall–Kier alpha value is -2.44. The summed E-state index contributed by atoms with van der Waals surface area (Å²) in [7, 11) is 0. The van der Waals surface area contributed by atoms with Crippen LogP contribution in [0.5, 0.6) is 0 Å². The summed E-state index contributed by atoms with van der Waals surface area (Å²) >= 11 is 0. The minimum absolute atomic E-state index is 0.0151. The molecule has 0 saturated carbocycles. The predicted molar refractivity (Wildman–Crippen MR) is 103 cm³/mol. The molecular weight excluding hydrogens is 328 g/mol. The maximum Gasteiger partial charge on any atom is 0.234 e. The van der Waals surface area contributed by atoms with E-state index in [9.17, 15) is 9.59 Å². The molecule has 0 aliphatic carbocycles. The fraction of sp³-hybridized carbons (Fsp3) is 0.400. The van der Waals surface area contributed by atoms with Crippen LogP contribution in [-0.2, 0) is 4.79 Å². The Morgan fingerprint density at radius 1 is 1.27 bits per heavy atom. The summed E-state index contributed by atoms with van der Waals surface area (Å²) < 4.78 is 0. The van der Waals surface area contributed by atoms with Crippen LogP contribution in [0.25, 0.3) is 10.9 Å². The molecule has 2 aromatic rings. The van der Waals surface area contributed by atoms with E-state index in [0.29, 0.717) is 13.1 Å². The van der Waals surface area contributed by atoms with Gasteiger partial charge >= 0.3 is 0 Å². The van der Waals surface area contributed by atoms with Crippen LogP contribution >= 0.6 is 0 Å². The smallest absolute Gasteiger partial charge is 0.234 e. The molecule has 1 amide bonds. The number of Topliss-reactive ketones (excluding diaryl/α,β-unsaturated/α-hetero) is 1. The molecule has 0 bridgehead atoms. The van der Waals surface area contributed by atoms with Gasteiger partial charge in [0.05, 0.1) is 12.6 Å². The molecule has 2 heterocycles. The number of piperazine rings is 1. The molecule has 6 heteroatoms. The maximum atomic E-state index is 12.9. The molecule has 1 unspecified atom stereocenters. The zero-order valence-electron chi connectivity index (χ0n) is 15.2. The highest BCUT2D eigenvalue weighted by Crippen LogP contribution is 2.21. The third-order valence-electron chi connectivity index (χ3n) is 5.00. The fourth-order valence-corrected chi connectivity index (χ4v) is 3.42. The Kier molecular flexibility index (Phi) is 5.85. The molecule has 1 aliphatic rings. The van der Waals surface area contributed by atoms with E-state index in [1.165, 1.54) is 0 Å². The minimum Gasteiger partial charge on any atom is -0.360 e. The van der Waals surface area contributed by atoms with E-state index in [2.05, 4.69) is 26.7 Å². The van der Waals surface area contributed by atoms with Crippen LogP contribution in [-0.4, -0.2) is 71.8 Å². The molecule has 1 saturated heterocycles. The number of carbonyl (C=O) groups excluding carboxylic acids is 2. The van der Waals surface area contributed by atoms with Crippen molar-refractivity contribution < 1.29 is 9.59 Å². The van der Waals surface area contributed by atoms with E-state index >= 15 is 0 Å². The summed E-state index contributed by atoms with van der Waals surface area (Å²) in [6, 6.07) is 7.69. The molecule has 1 fully saturated rings. The number of carbonyl (C=O) groups is 2. The zero-order chi connectivity index (χ0) is 18.5. The highest BCUT2D eigenvalue weighted by Gasteiger charge is 2.28. The number of rotatable bonds is 7. The average Bonchev–Trinajstić information content (AvgIpc) is 3.10. The molecule has 138 valence electrons.